The molecule has 0 aliphatic carbocycles. The number of piperidine rings is 1. The summed E-state index contributed by atoms with van der Waals surface area (Å²) in [5, 5.41) is 9.68. The Morgan fingerprint density at radius 2 is 1.91 bits per heavy atom. The van der Waals surface area contributed by atoms with Gasteiger partial charge in [0, 0.05) is 6.54 Å². The summed E-state index contributed by atoms with van der Waals surface area (Å²) in [5.74, 6) is 0.215. The molecule has 5 nitrogen and oxygen atoms in total. The maximum atomic E-state index is 13.0. The summed E-state index contributed by atoms with van der Waals surface area (Å²) >= 11 is 0. The molecule has 22 heavy (non-hydrogen) atoms. The van der Waals surface area contributed by atoms with E-state index in [1.165, 1.54) is 0 Å². The molecule has 1 N–H and O–H groups in total. The summed E-state index contributed by atoms with van der Waals surface area (Å²) in [7, 11) is -3.53. The first kappa shape index (κ1) is 15.9. The molecule has 6 heteroatoms. The number of hydrogen-bond donors (Lipinski definition) is 1. The molecule has 122 valence electrons. The van der Waals surface area contributed by atoms with Gasteiger partial charge in [0.25, 0.3) is 0 Å². The van der Waals surface area contributed by atoms with Crippen LogP contribution in [0.3, 0.4) is 0 Å². The van der Waals surface area contributed by atoms with E-state index in [4.69, 9.17) is 4.74 Å². The van der Waals surface area contributed by atoms with E-state index in [2.05, 4.69) is 0 Å². The zero-order valence-electron chi connectivity index (χ0n) is 13.0. The predicted molar refractivity (Wildman–Crippen MR) is 82.8 cm³/mol. The number of aliphatic hydroxyl groups excluding tert-OH is 1. The Hall–Kier alpha value is -0.950. The summed E-state index contributed by atoms with van der Waals surface area (Å²) in [4.78, 5) is 0.331. The smallest absolute Gasteiger partial charge is 0.243 e. The Morgan fingerprint density at radius 1 is 1.23 bits per heavy atom. The Morgan fingerprint density at radius 3 is 2.59 bits per heavy atom. The number of fused-ring (bicyclic) bond motifs is 1. The van der Waals surface area contributed by atoms with Gasteiger partial charge in [-0.3, -0.25) is 0 Å². The van der Waals surface area contributed by atoms with E-state index in [0.717, 1.165) is 12.0 Å². The van der Waals surface area contributed by atoms with Crippen LogP contribution in [-0.2, 0) is 14.8 Å². The van der Waals surface area contributed by atoms with Crippen molar-refractivity contribution in [2.45, 2.75) is 56.4 Å². The Balaban J connectivity index is 1.92. The number of aryl methyl sites for hydroxylation is 1. The lowest BCUT2D eigenvalue weighted by Crippen LogP contribution is -2.57. The van der Waals surface area contributed by atoms with E-state index in [0.29, 0.717) is 24.3 Å². The number of benzene rings is 1. The van der Waals surface area contributed by atoms with Gasteiger partial charge in [0.2, 0.25) is 10.0 Å². The van der Waals surface area contributed by atoms with Crippen LogP contribution in [0.5, 0.6) is 0 Å². The average molecular weight is 325 g/mol. The molecule has 2 aliphatic heterocycles. The normalized spacial score (nSPS) is 33.4. The van der Waals surface area contributed by atoms with Crippen molar-refractivity contribution in [1.29, 1.82) is 0 Å². The van der Waals surface area contributed by atoms with Crippen LogP contribution in [0.2, 0.25) is 0 Å². The van der Waals surface area contributed by atoms with E-state index >= 15 is 0 Å². The molecule has 1 aromatic rings. The highest BCUT2D eigenvalue weighted by Gasteiger charge is 2.44. The van der Waals surface area contributed by atoms with E-state index in [-0.39, 0.29) is 18.1 Å². The zero-order valence-corrected chi connectivity index (χ0v) is 13.8. The first-order valence-corrected chi connectivity index (χ1v) is 9.24. The molecule has 2 aliphatic rings. The van der Waals surface area contributed by atoms with Crippen molar-refractivity contribution in [2.24, 2.45) is 5.92 Å². The third-order valence-corrected chi connectivity index (χ3v) is 6.50. The van der Waals surface area contributed by atoms with Crippen molar-refractivity contribution >= 4 is 10.0 Å². The lowest BCUT2D eigenvalue weighted by molar-refractivity contribution is -0.193. The lowest BCUT2D eigenvalue weighted by Gasteiger charge is -2.46. The second-order valence-electron chi connectivity index (χ2n) is 6.50. The standard InChI is InChI=1S/C16H23NO4S/c1-11-3-5-13(6-4-11)22(19,20)17-10-12(2)9-15-14(17)7-8-16(18)21-15/h3-6,12,14-16,18H,7-10H2,1-2H3/t12-,14-,15+,16?/m0/s1. The van der Waals surface area contributed by atoms with Gasteiger partial charge in [0.15, 0.2) is 6.29 Å². The highest BCUT2D eigenvalue weighted by Crippen LogP contribution is 2.35. The SMILES string of the molecule is Cc1ccc(S(=O)(=O)N2C[C@@H](C)C[C@H]3OC(O)CC[C@@H]32)cc1. The van der Waals surface area contributed by atoms with Crippen molar-refractivity contribution in [3.8, 4) is 0 Å². The highest BCUT2D eigenvalue weighted by atomic mass is 32.2. The number of ether oxygens (including phenoxy) is 1. The van der Waals surface area contributed by atoms with Crippen molar-refractivity contribution in [1.82, 2.24) is 4.31 Å². The van der Waals surface area contributed by atoms with Crippen molar-refractivity contribution in [3.05, 3.63) is 29.8 Å². The van der Waals surface area contributed by atoms with Gasteiger partial charge in [0.1, 0.15) is 0 Å². The molecule has 0 amide bonds. The average Bonchev–Trinajstić information content (AvgIpc) is 2.46. The second kappa shape index (κ2) is 5.92. The maximum Gasteiger partial charge on any atom is 0.243 e. The van der Waals surface area contributed by atoms with Crippen LogP contribution >= 0.6 is 0 Å². The Bertz CT molecular complexity index is 626. The monoisotopic (exact) mass is 325 g/mol. The molecule has 2 saturated heterocycles. The minimum Gasteiger partial charge on any atom is -0.368 e. The molecule has 0 spiro atoms. The van der Waals surface area contributed by atoms with Crippen LogP contribution in [0.15, 0.2) is 29.2 Å². The van der Waals surface area contributed by atoms with Crippen molar-refractivity contribution < 1.29 is 18.3 Å². The van der Waals surface area contributed by atoms with Gasteiger partial charge in [-0.25, -0.2) is 8.42 Å². The van der Waals surface area contributed by atoms with Gasteiger partial charge in [-0.1, -0.05) is 24.6 Å². The van der Waals surface area contributed by atoms with Crippen LogP contribution in [0.1, 0.15) is 31.7 Å². The predicted octanol–water partition coefficient (Wildman–Crippen LogP) is 1.89. The molecule has 0 saturated carbocycles. The summed E-state index contributed by atoms with van der Waals surface area (Å²) in [6, 6.07) is 6.79. The fourth-order valence-corrected chi connectivity index (χ4v) is 5.24. The number of sulfonamides is 1. The first-order valence-electron chi connectivity index (χ1n) is 7.80. The zero-order chi connectivity index (χ0) is 15.9. The van der Waals surface area contributed by atoms with Gasteiger partial charge in [-0.05, 0) is 44.2 Å². The van der Waals surface area contributed by atoms with Crippen LogP contribution in [0, 0.1) is 12.8 Å². The molecule has 1 aromatic carbocycles. The second-order valence-corrected chi connectivity index (χ2v) is 8.39. The molecule has 0 bridgehead atoms. The fraction of sp³-hybridized carbons (Fsp3) is 0.625. The quantitative estimate of drug-likeness (QED) is 0.902. The Kier molecular flexibility index (Phi) is 4.29. The molecule has 2 fully saturated rings. The topological polar surface area (TPSA) is 66.8 Å². The van der Waals surface area contributed by atoms with Crippen LogP contribution in [-0.4, -0.2) is 42.8 Å². The van der Waals surface area contributed by atoms with Crippen LogP contribution < -0.4 is 0 Å². The van der Waals surface area contributed by atoms with Gasteiger partial charge in [0.05, 0.1) is 17.0 Å². The van der Waals surface area contributed by atoms with Gasteiger partial charge in [-0.2, -0.15) is 4.31 Å². The third kappa shape index (κ3) is 2.93. The number of nitrogens with zero attached hydrogens (tertiary/aromatic N) is 1. The molecule has 0 radical (unpaired) electrons. The number of hydrogen-bond acceptors (Lipinski definition) is 4. The molecule has 2 heterocycles. The molecule has 0 aromatic heterocycles. The molecule has 3 rings (SSSR count). The number of aliphatic hydroxyl groups is 1. The molecular weight excluding hydrogens is 302 g/mol. The third-order valence-electron chi connectivity index (χ3n) is 4.59. The molecule has 4 atom stereocenters. The number of rotatable bonds is 2. The summed E-state index contributed by atoms with van der Waals surface area (Å²) in [6.07, 6.45) is 0.934. The van der Waals surface area contributed by atoms with Crippen LogP contribution in [0.25, 0.3) is 0 Å². The van der Waals surface area contributed by atoms with E-state index < -0.39 is 16.3 Å². The highest BCUT2D eigenvalue weighted by molar-refractivity contribution is 7.89. The van der Waals surface area contributed by atoms with Crippen molar-refractivity contribution in [3.63, 3.8) is 0 Å². The molecular formula is C16H23NO4S. The largest absolute Gasteiger partial charge is 0.368 e. The minimum absolute atomic E-state index is 0.175. The van der Waals surface area contributed by atoms with Gasteiger partial charge >= 0.3 is 0 Å². The van der Waals surface area contributed by atoms with E-state index in [9.17, 15) is 13.5 Å². The van der Waals surface area contributed by atoms with Gasteiger partial charge < -0.3 is 9.84 Å². The first-order chi connectivity index (χ1) is 10.4. The van der Waals surface area contributed by atoms with Gasteiger partial charge in [-0.15, -0.1) is 0 Å². The van der Waals surface area contributed by atoms with Crippen LogP contribution in [0.4, 0.5) is 0 Å². The summed E-state index contributed by atoms with van der Waals surface area (Å²) in [5.41, 5.74) is 1.04. The van der Waals surface area contributed by atoms with E-state index in [1.807, 2.05) is 26.0 Å². The Labute approximate surface area is 131 Å². The summed E-state index contributed by atoms with van der Waals surface area (Å²) in [6.45, 7) is 4.47. The lowest BCUT2D eigenvalue weighted by atomic mass is 9.89. The fourth-order valence-electron chi connectivity index (χ4n) is 3.44. The maximum absolute atomic E-state index is 13.0. The minimum atomic E-state index is -3.53. The van der Waals surface area contributed by atoms with Crippen molar-refractivity contribution in [2.75, 3.05) is 6.54 Å². The molecule has 1 unspecified atom stereocenters. The summed E-state index contributed by atoms with van der Waals surface area (Å²) < 4.78 is 33.2. The van der Waals surface area contributed by atoms with E-state index in [1.54, 1.807) is 16.4 Å².